The van der Waals surface area contributed by atoms with Crippen LogP contribution >= 0.6 is 11.6 Å². The van der Waals surface area contributed by atoms with Crippen molar-refractivity contribution in [3.8, 4) is 11.1 Å². The Bertz CT molecular complexity index is 676. The largest absolute Gasteiger partial charge is 0.256 e. The van der Waals surface area contributed by atoms with E-state index < -0.39 is 0 Å². The lowest BCUT2D eigenvalue weighted by Gasteiger charge is -2.05. The molecule has 0 amide bonds. The first kappa shape index (κ1) is 10.3. The van der Waals surface area contributed by atoms with E-state index in [4.69, 9.17) is 11.6 Å². The number of fused-ring (bicyclic) bond motifs is 1. The van der Waals surface area contributed by atoms with Gasteiger partial charge in [0.15, 0.2) is 0 Å². The summed E-state index contributed by atoms with van der Waals surface area (Å²) in [5.74, 6) is 0. The second kappa shape index (κ2) is 4.19. The minimum absolute atomic E-state index is 0.766. The molecule has 2 aromatic carbocycles. The summed E-state index contributed by atoms with van der Waals surface area (Å²) in [6, 6.07) is 18.1. The number of nitrogens with zero attached hydrogens (tertiary/aromatic N) is 1. The van der Waals surface area contributed by atoms with Crippen LogP contribution in [-0.2, 0) is 0 Å². The molecule has 3 rings (SSSR count). The van der Waals surface area contributed by atoms with Crippen LogP contribution in [0.3, 0.4) is 0 Å². The topological polar surface area (TPSA) is 12.9 Å². The standard InChI is InChI=1S/C15H10ClN/c16-14-6-2-1-5-13(14)12-8-7-11-4-3-9-17-15(11)10-12/h1-10H. The Balaban J connectivity index is 2.22. The van der Waals surface area contributed by atoms with Gasteiger partial charge in [-0.2, -0.15) is 0 Å². The van der Waals surface area contributed by atoms with E-state index in [1.807, 2.05) is 30.3 Å². The van der Waals surface area contributed by atoms with E-state index in [2.05, 4.69) is 29.2 Å². The first-order valence-corrected chi connectivity index (χ1v) is 5.82. The lowest BCUT2D eigenvalue weighted by Crippen LogP contribution is -1.82. The van der Waals surface area contributed by atoms with Crippen LogP contribution in [0.4, 0.5) is 0 Å². The van der Waals surface area contributed by atoms with Crippen molar-refractivity contribution in [1.29, 1.82) is 0 Å². The zero-order valence-electron chi connectivity index (χ0n) is 9.10. The minimum Gasteiger partial charge on any atom is -0.256 e. The first-order chi connectivity index (χ1) is 8.34. The molecule has 2 heteroatoms. The van der Waals surface area contributed by atoms with Crippen molar-refractivity contribution in [2.24, 2.45) is 0 Å². The highest BCUT2D eigenvalue weighted by Gasteiger charge is 2.03. The van der Waals surface area contributed by atoms with Crippen molar-refractivity contribution in [2.45, 2.75) is 0 Å². The maximum atomic E-state index is 6.19. The third kappa shape index (κ3) is 1.90. The molecule has 1 nitrogen and oxygen atoms in total. The van der Waals surface area contributed by atoms with Gasteiger partial charge in [0.05, 0.1) is 5.52 Å². The average Bonchev–Trinajstić information content (AvgIpc) is 2.39. The van der Waals surface area contributed by atoms with E-state index in [1.165, 1.54) is 0 Å². The molecule has 0 radical (unpaired) electrons. The maximum Gasteiger partial charge on any atom is 0.0708 e. The molecule has 1 heterocycles. The number of benzene rings is 2. The number of rotatable bonds is 1. The third-order valence-corrected chi connectivity index (χ3v) is 3.12. The molecule has 0 spiro atoms. The number of pyridine rings is 1. The van der Waals surface area contributed by atoms with Crippen molar-refractivity contribution in [3.63, 3.8) is 0 Å². The lowest BCUT2D eigenvalue weighted by molar-refractivity contribution is 1.41. The summed E-state index contributed by atoms with van der Waals surface area (Å²) in [7, 11) is 0. The highest BCUT2D eigenvalue weighted by Crippen LogP contribution is 2.29. The van der Waals surface area contributed by atoms with Gasteiger partial charge < -0.3 is 0 Å². The van der Waals surface area contributed by atoms with Crippen molar-refractivity contribution in [3.05, 3.63) is 65.8 Å². The zero-order chi connectivity index (χ0) is 11.7. The molecule has 0 saturated carbocycles. The van der Waals surface area contributed by atoms with E-state index in [1.54, 1.807) is 6.20 Å². The van der Waals surface area contributed by atoms with Gasteiger partial charge in [0, 0.05) is 22.2 Å². The molecule has 0 aliphatic carbocycles. The van der Waals surface area contributed by atoms with Gasteiger partial charge in [0.2, 0.25) is 0 Å². The molecule has 0 bridgehead atoms. The van der Waals surface area contributed by atoms with Gasteiger partial charge >= 0.3 is 0 Å². The number of hydrogen-bond acceptors (Lipinski definition) is 1. The average molecular weight is 240 g/mol. The Hall–Kier alpha value is -1.86. The predicted octanol–water partition coefficient (Wildman–Crippen LogP) is 4.56. The lowest BCUT2D eigenvalue weighted by atomic mass is 10.0. The number of hydrogen-bond donors (Lipinski definition) is 0. The molecule has 0 fully saturated rings. The molecule has 0 unspecified atom stereocenters. The normalized spacial score (nSPS) is 10.6. The van der Waals surface area contributed by atoms with Gasteiger partial charge in [-0.15, -0.1) is 0 Å². The molecule has 82 valence electrons. The Kier molecular flexibility index (Phi) is 2.54. The van der Waals surface area contributed by atoms with Crippen LogP contribution in [-0.4, -0.2) is 4.98 Å². The Labute approximate surface area is 105 Å². The van der Waals surface area contributed by atoms with Crippen molar-refractivity contribution in [1.82, 2.24) is 4.98 Å². The van der Waals surface area contributed by atoms with Crippen LogP contribution in [0, 0.1) is 0 Å². The Morgan fingerprint density at radius 1 is 0.882 bits per heavy atom. The monoisotopic (exact) mass is 239 g/mol. The first-order valence-electron chi connectivity index (χ1n) is 5.44. The maximum absolute atomic E-state index is 6.19. The fourth-order valence-corrected chi connectivity index (χ4v) is 2.17. The van der Waals surface area contributed by atoms with Gasteiger partial charge in [-0.05, 0) is 23.8 Å². The highest BCUT2D eigenvalue weighted by molar-refractivity contribution is 6.33. The second-order valence-electron chi connectivity index (χ2n) is 3.89. The SMILES string of the molecule is Clc1ccccc1-c1ccc2cccnc2c1. The second-order valence-corrected chi connectivity index (χ2v) is 4.30. The molecule has 0 aliphatic heterocycles. The fraction of sp³-hybridized carbons (Fsp3) is 0. The number of aromatic nitrogens is 1. The smallest absolute Gasteiger partial charge is 0.0708 e. The van der Waals surface area contributed by atoms with Crippen molar-refractivity contribution >= 4 is 22.5 Å². The predicted molar refractivity (Wildman–Crippen MR) is 72.2 cm³/mol. The summed E-state index contributed by atoms with van der Waals surface area (Å²) in [5.41, 5.74) is 3.13. The molecule has 3 aromatic rings. The van der Waals surface area contributed by atoms with E-state index in [9.17, 15) is 0 Å². The quantitative estimate of drug-likeness (QED) is 0.607. The van der Waals surface area contributed by atoms with E-state index in [0.29, 0.717) is 0 Å². The number of halogens is 1. The minimum atomic E-state index is 0.766. The molecule has 17 heavy (non-hydrogen) atoms. The van der Waals surface area contributed by atoms with E-state index >= 15 is 0 Å². The molecule has 0 aliphatic rings. The van der Waals surface area contributed by atoms with Crippen LogP contribution in [0.2, 0.25) is 5.02 Å². The molecule has 0 atom stereocenters. The summed E-state index contributed by atoms with van der Waals surface area (Å²) < 4.78 is 0. The summed E-state index contributed by atoms with van der Waals surface area (Å²) in [6.07, 6.45) is 1.80. The van der Waals surface area contributed by atoms with Gasteiger partial charge in [-0.1, -0.05) is 48.0 Å². The molecule has 0 saturated heterocycles. The van der Waals surface area contributed by atoms with Gasteiger partial charge in [-0.25, -0.2) is 0 Å². The Morgan fingerprint density at radius 2 is 1.76 bits per heavy atom. The van der Waals surface area contributed by atoms with Crippen molar-refractivity contribution < 1.29 is 0 Å². The summed E-state index contributed by atoms with van der Waals surface area (Å²) in [4.78, 5) is 4.35. The van der Waals surface area contributed by atoms with E-state index in [0.717, 1.165) is 27.1 Å². The van der Waals surface area contributed by atoms with Gasteiger partial charge in [0.25, 0.3) is 0 Å². The zero-order valence-corrected chi connectivity index (χ0v) is 9.85. The molecular weight excluding hydrogens is 230 g/mol. The van der Waals surface area contributed by atoms with Crippen LogP contribution in [0.5, 0.6) is 0 Å². The van der Waals surface area contributed by atoms with Crippen molar-refractivity contribution in [2.75, 3.05) is 0 Å². The Morgan fingerprint density at radius 3 is 2.65 bits per heavy atom. The van der Waals surface area contributed by atoms with Gasteiger partial charge in [0.1, 0.15) is 0 Å². The van der Waals surface area contributed by atoms with Crippen LogP contribution in [0.25, 0.3) is 22.0 Å². The molecule has 0 N–H and O–H groups in total. The fourth-order valence-electron chi connectivity index (χ4n) is 1.93. The van der Waals surface area contributed by atoms with Crippen LogP contribution in [0.15, 0.2) is 60.8 Å². The molecule has 1 aromatic heterocycles. The molecular formula is C15H10ClN. The van der Waals surface area contributed by atoms with Crippen LogP contribution in [0.1, 0.15) is 0 Å². The van der Waals surface area contributed by atoms with Gasteiger partial charge in [-0.3, -0.25) is 4.98 Å². The van der Waals surface area contributed by atoms with Crippen LogP contribution < -0.4 is 0 Å². The summed E-state index contributed by atoms with van der Waals surface area (Å²) in [5, 5.41) is 1.91. The summed E-state index contributed by atoms with van der Waals surface area (Å²) in [6.45, 7) is 0. The van der Waals surface area contributed by atoms with E-state index in [-0.39, 0.29) is 0 Å². The third-order valence-electron chi connectivity index (χ3n) is 2.79. The highest BCUT2D eigenvalue weighted by atomic mass is 35.5. The summed E-state index contributed by atoms with van der Waals surface area (Å²) >= 11 is 6.19.